The van der Waals surface area contributed by atoms with Crippen LogP contribution in [0.2, 0.25) is 0 Å². The SMILES string of the molecule is COc1ccc(-c2nc3ccc(Br)cn3c2/C=C/C(=O)[O-])cc1. The second kappa shape index (κ2) is 6.26. The van der Waals surface area contributed by atoms with E-state index in [1.165, 1.54) is 6.08 Å². The summed E-state index contributed by atoms with van der Waals surface area (Å²) in [7, 11) is 1.60. The summed E-state index contributed by atoms with van der Waals surface area (Å²) >= 11 is 3.41. The number of imidazole rings is 1. The van der Waals surface area contributed by atoms with Gasteiger partial charge in [0.25, 0.3) is 0 Å². The molecule has 0 saturated carbocycles. The van der Waals surface area contributed by atoms with Gasteiger partial charge < -0.3 is 14.6 Å². The molecule has 23 heavy (non-hydrogen) atoms. The van der Waals surface area contributed by atoms with Crippen LogP contribution in [0, 0.1) is 0 Å². The molecule has 5 nitrogen and oxygen atoms in total. The highest BCUT2D eigenvalue weighted by Gasteiger charge is 2.12. The van der Waals surface area contributed by atoms with Crippen LogP contribution >= 0.6 is 15.9 Å². The lowest BCUT2D eigenvalue weighted by atomic mass is 10.1. The van der Waals surface area contributed by atoms with Crippen molar-refractivity contribution < 1.29 is 14.6 Å². The van der Waals surface area contributed by atoms with Crippen molar-refractivity contribution in [2.24, 2.45) is 0 Å². The summed E-state index contributed by atoms with van der Waals surface area (Å²) < 4.78 is 7.85. The second-order valence-corrected chi connectivity index (χ2v) is 5.72. The lowest BCUT2D eigenvalue weighted by Gasteiger charge is -2.03. The van der Waals surface area contributed by atoms with Crippen LogP contribution in [0.25, 0.3) is 23.0 Å². The summed E-state index contributed by atoms with van der Waals surface area (Å²) in [5.41, 5.74) is 2.93. The first-order chi connectivity index (χ1) is 11.1. The van der Waals surface area contributed by atoms with Crippen molar-refractivity contribution in [2.45, 2.75) is 0 Å². The highest BCUT2D eigenvalue weighted by atomic mass is 79.9. The van der Waals surface area contributed by atoms with Gasteiger partial charge >= 0.3 is 0 Å². The topological polar surface area (TPSA) is 66.7 Å². The van der Waals surface area contributed by atoms with E-state index in [0.717, 1.165) is 27.5 Å². The van der Waals surface area contributed by atoms with E-state index in [9.17, 15) is 9.90 Å². The molecule has 0 atom stereocenters. The summed E-state index contributed by atoms with van der Waals surface area (Å²) in [4.78, 5) is 15.4. The number of carboxylic acid groups (broad SMARTS) is 1. The molecule has 1 aromatic carbocycles. The van der Waals surface area contributed by atoms with E-state index in [0.29, 0.717) is 11.4 Å². The molecule has 0 N–H and O–H groups in total. The highest BCUT2D eigenvalue weighted by Crippen LogP contribution is 2.28. The highest BCUT2D eigenvalue weighted by molar-refractivity contribution is 9.10. The van der Waals surface area contributed by atoms with Crippen molar-refractivity contribution in [3.05, 3.63) is 58.8 Å². The van der Waals surface area contributed by atoms with E-state index in [4.69, 9.17) is 4.74 Å². The van der Waals surface area contributed by atoms with Gasteiger partial charge in [0.15, 0.2) is 0 Å². The Morgan fingerprint density at radius 1 is 1.26 bits per heavy atom. The Labute approximate surface area is 141 Å². The monoisotopic (exact) mass is 371 g/mol. The lowest BCUT2D eigenvalue weighted by molar-refractivity contribution is -0.297. The van der Waals surface area contributed by atoms with Crippen molar-refractivity contribution >= 4 is 33.6 Å². The third-order valence-electron chi connectivity index (χ3n) is 3.36. The predicted octanol–water partition coefficient (Wildman–Crippen LogP) is 2.54. The Kier molecular flexibility index (Phi) is 4.16. The van der Waals surface area contributed by atoms with Gasteiger partial charge in [-0.25, -0.2) is 4.98 Å². The van der Waals surface area contributed by atoms with Gasteiger partial charge in [-0.15, -0.1) is 0 Å². The number of pyridine rings is 1. The minimum Gasteiger partial charge on any atom is -0.545 e. The van der Waals surface area contributed by atoms with E-state index < -0.39 is 5.97 Å². The molecule has 0 aliphatic heterocycles. The Bertz CT molecular complexity index is 898. The number of carbonyl (C=O) groups is 1. The summed E-state index contributed by atoms with van der Waals surface area (Å²) in [6.07, 6.45) is 4.32. The maximum absolute atomic E-state index is 10.8. The fraction of sp³-hybridized carbons (Fsp3) is 0.0588. The normalized spacial score (nSPS) is 11.2. The molecule has 0 radical (unpaired) electrons. The molecule has 0 saturated heterocycles. The maximum atomic E-state index is 10.8. The second-order valence-electron chi connectivity index (χ2n) is 4.80. The maximum Gasteiger partial charge on any atom is 0.138 e. The van der Waals surface area contributed by atoms with Gasteiger partial charge in [-0.1, -0.05) is 0 Å². The van der Waals surface area contributed by atoms with Crippen LogP contribution in [0.4, 0.5) is 0 Å². The molecule has 2 heterocycles. The molecule has 3 aromatic rings. The van der Waals surface area contributed by atoms with Gasteiger partial charge in [-0.05, 0) is 64.5 Å². The molecule has 3 rings (SSSR count). The van der Waals surface area contributed by atoms with Crippen molar-refractivity contribution in [3.63, 3.8) is 0 Å². The van der Waals surface area contributed by atoms with Crippen LogP contribution in [0.5, 0.6) is 5.75 Å². The van der Waals surface area contributed by atoms with Crippen LogP contribution in [-0.2, 0) is 4.79 Å². The van der Waals surface area contributed by atoms with Crippen molar-refractivity contribution in [3.8, 4) is 17.0 Å². The zero-order valence-electron chi connectivity index (χ0n) is 12.2. The van der Waals surface area contributed by atoms with E-state index in [-0.39, 0.29) is 0 Å². The molecule has 116 valence electrons. The number of carbonyl (C=O) groups excluding carboxylic acids is 1. The molecule has 6 heteroatoms. The van der Waals surface area contributed by atoms with Crippen molar-refractivity contribution in [1.82, 2.24) is 9.38 Å². The van der Waals surface area contributed by atoms with Crippen LogP contribution in [0.3, 0.4) is 0 Å². The standard InChI is InChI=1S/C17H13BrN2O3/c1-23-13-5-2-11(3-6-13)17-14(7-9-16(21)22)20-10-12(18)4-8-15(20)19-17/h2-10H,1H3,(H,21,22)/p-1/b9-7+. The number of rotatable bonds is 4. The summed E-state index contributed by atoms with van der Waals surface area (Å²) in [5, 5.41) is 10.8. The van der Waals surface area contributed by atoms with E-state index >= 15 is 0 Å². The minimum absolute atomic E-state index is 0.663. The number of halogens is 1. The molecular formula is C17H12BrN2O3-. The number of ether oxygens (including phenoxy) is 1. The number of fused-ring (bicyclic) bond motifs is 1. The molecule has 0 bridgehead atoms. The Balaban J connectivity index is 2.21. The number of hydrogen-bond acceptors (Lipinski definition) is 4. The molecule has 0 amide bonds. The van der Waals surface area contributed by atoms with Gasteiger partial charge in [0.2, 0.25) is 0 Å². The fourth-order valence-corrected chi connectivity index (χ4v) is 2.64. The third-order valence-corrected chi connectivity index (χ3v) is 3.83. The van der Waals surface area contributed by atoms with Crippen LogP contribution < -0.4 is 9.84 Å². The smallest absolute Gasteiger partial charge is 0.138 e. The predicted molar refractivity (Wildman–Crippen MR) is 88.9 cm³/mol. The fourth-order valence-electron chi connectivity index (χ4n) is 2.30. The van der Waals surface area contributed by atoms with Gasteiger partial charge in [-0.2, -0.15) is 0 Å². The van der Waals surface area contributed by atoms with Gasteiger partial charge in [0.05, 0.1) is 24.5 Å². The first kappa shape index (κ1) is 15.3. The molecule has 2 aromatic heterocycles. The summed E-state index contributed by atoms with van der Waals surface area (Å²) in [6, 6.07) is 11.2. The summed E-state index contributed by atoms with van der Waals surface area (Å²) in [5.74, 6) is -0.511. The first-order valence-electron chi connectivity index (χ1n) is 6.79. The summed E-state index contributed by atoms with van der Waals surface area (Å²) in [6.45, 7) is 0. The number of aliphatic carboxylic acids is 1. The molecule has 0 fully saturated rings. The molecule has 0 aliphatic carbocycles. The van der Waals surface area contributed by atoms with Crippen LogP contribution in [0.15, 0.2) is 53.1 Å². The third kappa shape index (κ3) is 3.12. The van der Waals surface area contributed by atoms with E-state index in [2.05, 4.69) is 20.9 Å². The Morgan fingerprint density at radius 3 is 2.65 bits per heavy atom. The molecule has 0 spiro atoms. The van der Waals surface area contributed by atoms with Gasteiger partial charge in [-0.3, -0.25) is 4.40 Å². The van der Waals surface area contributed by atoms with E-state index in [1.54, 1.807) is 7.11 Å². The number of carboxylic acids is 1. The quantitative estimate of drug-likeness (QED) is 0.661. The van der Waals surface area contributed by atoms with E-state index in [1.807, 2.05) is 47.0 Å². The Hall–Kier alpha value is -2.60. The zero-order valence-corrected chi connectivity index (χ0v) is 13.8. The number of aromatic nitrogens is 2. The van der Waals surface area contributed by atoms with Gasteiger partial charge in [0, 0.05) is 16.2 Å². The zero-order chi connectivity index (χ0) is 16.4. The van der Waals surface area contributed by atoms with Crippen molar-refractivity contribution in [1.29, 1.82) is 0 Å². The average molecular weight is 372 g/mol. The lowest BCUT2D eigenvalue weighted by Crippen LogP contribution is -2.18. The largest absolute Gasteiger partial charge is 0.545 e. The minimum atomic E-state index is -1.25. The number of methoxy groups -OCH3 is 1. The number of nitrogens with zero attached hydrogens (tertiary/aromatic N) is 2. The Morgan fingerprint density at radius 2 is 2.00 bits per heavy atom. The number of benzene rings is 1. The average Bonchev–Trinajstić information content (AvgIpc) is 2.90. The van der Waals surface area contributed by atoms with Gasteiger partial charge in [0.1, 0.15) is 11.4 Å². The molecule has 0 aliphatic rings. The first-order valence-corrected chi connectivity index (χ1v) is 7.59. The van der Waals surface area contributed by atoms with Crippen LogP contribution in [0.1, 0.15) is 5.69 Å². The molecular weight excluding hydrogens is 360 g/mol. The van der Waals surface area contributed by atoms with Crippen LogP contribution in [-0.4, -0.2) is 22.5 Å². The number of hydrogen-bond donors (Lipinski definition) is 0. The molecule has 0 unspecified atom stereocenters. The van der Waals surface area contributed by atoms with Crippen molar-refractivity contribution in [2.75, 3.05) is 7.11 Å².